The molecule has 0 aromatic heterocycles. The highest BCUT2D eigenvalue weighted by molar-refractivity contribution is 9.10. The Hall–Kier alpha value is -0.540. The zero-order valence-electron chi connectivity index (χ0n) is 9.09. The summed E-state index contributed by atoms with van der Waals surface area (Å²) >= 11 is 3.50. The lowest BCUT2D eigenvalue weighted by Gasteiger charge is -2.35. The number of rotatable bonds is 3. The van der Waals surface area contributed by atoms with E-state index in [9.17, 15) is 0 Å². The van der Waals surface area contributed by atoms with Gasteiger partial charge in [0.1, 0.15) is 0 Å². The van der Waals surface area contributed by atoms with Gasteiger partial charge in [-0.25, -0.2) is 0 Å². The van der Waals surface area contributed by atoms with Crippen molar-refractivity contribution < 1.29 is 4.74 Å². The number of hydrogen-bond acceptors (Lipinski definition) is 2. The molecule has 1 N–H and O–H groups in total. The Balaban J connectivity index is 1.94. The highest BCUT2D eigenvalue weighted by atomic mass is 79.9. The molecule has 1 aliphatic carbocycles. The van der Waals surface area contributed by atoms with Gasteiger partial charge >= 0.3 is 0 Å². The van der Waals surface area contributed by atoms with Gasteiger partial charge in [0.15, 0.2) is 0 Å². The predicted octanol–water partition coefficient (Wildman–Crippen LogP) is 3.35. The van der Waals surface area contributed by atoms with Gasteiger partial charge in [0.05, 0.1) is 6.10 Å². The van der Waals surface area contributed by atoms with Gasteiger partial charge in [0.25, 0.3) is 0 Å². The van der Waals surface area contributed by atoms with Crippen molar-refractivity contribution in [1.82, 2.24) is 0 Å². The van der Waals surface area contributed by atoms with E-state index in [0.29, 0.717) is 12.1 Å². The van der Waals surface area contributed by atoms with E-state index in [2.05, 4.69) is 46.4 Å². The fourth-order valence-electron chi connectivity index (χ4n) is 1.93. The number of methoxy groups -OCH3 is 1. The minimum Gasteiger partial charge on any atom is -0.382 e. The Morgan fingerprint density at radius 2 is 2.07 bits per heavy atom. The zero-order chi connectivity index (χ0) is 10.8. The lowest BCUT2D eigenvalue weighted by Crippen LogP contribution is -2.40. The average molecular weight is 270 g/mol. The van der Waals surface area contributed by atoms with E-state index in [1.165, 1.54) is 11.3 Å². The van der Waals surface area contributed by atoms with E-state index in [0.717, 1.165) is 17.3 Å². The molecule has 0 unspecified atom stereocenters. The molecule has 1 saturated carbocycles. The van der Waals surface area contributed by atoms with Crippen molar-refractivity contribution in [1.29, 1.82) is 0 Å². The van der Waals surface area contributed by atoms with Crippen molar-refractivity contribution in [3.63, 3.8) is 0 Å². The van der Waals surface area contributed by atoms with Crippen LogP contribution >= 0.6 is 15.9 Å². The standard InChI is InChI=1S/C12H16BrNO/c1-8-3-9(13)5-10(4-8)14-11-6-12(7-11)15-2/h3-5,11-12,14H,6-7H2,1-2H3. The third-order valence-electron chi connectivity index (χ3n) is 2.84. The predicted molar refractivity (Wildman–Crippen MR) is 66.3 cm³/mol. The molecule has 15 heavy (non-hydrogen) atoms. The maximum atomic E-state index is 5.25. The monoisotopic (exact) mass is 269 g/mol. The zero-order valence-corrected chi connectivity index (χ0v) is 10.7. The summed E-state index contributed by atoms with van der Waals surface area (Å²) in [6.07, 6.45) is 2.68. The Bertz CT molecular complexity index is 327. The van der Waals surface area contributed by atoms with Crippen molar-refractivity contribution in [2.75, 3.05) is 12.4 Å². The van der Waals surface area contributed by atoms with Gasteiger partial charge in [-0.05, 0) is 43.5 Å². The maximum absolute atomic E-state index is 5.25. The maximum Gasteiger partial charge on any atom is 0.0610 e. The van der Waals surface area contributed by atoms with Crippen molar-refractivity contribution >= 4 is 21.6 Å². The van der Waals surface area contributed by atoms with Crippen LogP contribution in [0.2, 0.25) is 0 Å². The number of halogens is 1. The van der Waals surface area contributed by atoms with Crippen LogP contribution in [0.5, 0.6) is 0 Å². The van der Waals surface area contributed by atoms with Crippen LogP contribution in [0.4, 0.5) is 5.69 Å². The summed E-state index contributed by atoms with van der Waals surface area (Å²) in [5.41, 5.74) is 2.47. The van der Waals surface area contributed by atoms with E-state index in [4.69, 9.17) is 4.74 Å². The van der Waals surface area contributed by atoms with Gasteiger partial charge in [-0.1, -0.05) is 15.9 Å². The molecule has 1 fully saturated rings. The van der Waals surface area contributed by atoms with Crippen LogP contribution < -0.4 is 5.32 Å². The van der Waals surface area contributed by atoms with E-state index in [1.807, 2.05) is 0 Å². The molecule has 0 radical (unpaired) electrons. The first-order valence-corrected chi connectivity index (χ1v) is 6.03. The van der Waals surface area contributed by atoms with Gasteiger partial charge < -0.3 is 10.1 Å². The van der Waals surface area contributed by atoms with Crippen molar-refractivity contribution in [3.05, 3.63) is 28.2 Å². The van der Waals surface area contributed by atoms with Crippen LogP contribution in [0.1, 0.15) is 18.4 Å². The van der Waals surface area contributed by atoms with E-state index in [-0.39, 0.29) is 0 Å². The molecule has 1 aromatic rings. The molecular formula is C12H16BrNO. The highest BCUT2D eigenvalue weighted by Crippen LogP contribution is 2.27. The van der Waals surface area contributed by atoms with Gasteiger partial charge in [-0.3, -0.25) is 0 Å². The second-order valence-corrected chi connectivity index (χ2v) is 5.10. The highest BCUT2D eigenvalue weighted by Gasteiger charge is 2.28. The molecule has 82 valence electrons. The molecule has 3 heteroatoms. The van der Waals surface area contributed by atoms with Crippen molar-refractivity contribution in [2.24, 2.45) is 0 Å². The number of ether oxygens (including phenoxy) is 1. The molecule has 0 aliphatic heterocycles. The van der Waals surface area contributed by atoms with Crippen LogP contribution in [0.15, 0.2) is 22.7 Å². The molecule has 1 aromatic carbocycles. The minimum atomic E-state index is 0.454. The van der Waals surface area contributed by atoms with Crippen LogP contribution in [0.3, 0.4) is 0 Å². The second kappa shape index (κ2) is 4.54. The molecule has 2 rings (SSSR count). The Labute approximate surface area is 99.1 Å². The van der Waals surface area contributed by atoms with Gasteiger partial charge in [-0.2, -0.15) is 0 Å². The molecule has 0 heterocycles. The number of nitrogens with one attached hydrogen (secondary N) is 1. The first-order chi connectivity index (χ1) is 7.17. The molecule has 0 bridgehead atoms. The summed E-state index contributed by atoms with van der Waals surface area (Å²) in [4.78, 5) is 0. The van der Waals surface area contributed by atoms with E-state index >= 15 is 0 Å². The summed E-state index contributed by atoms with van der Waals surface area (Å²) in [5, 5.41) is 3.51. The third kappa shape index (κ3) is 2.73. The summed E-state index contributed by atoms with van der Waals surface area (Å²) in [5.74, 6) is 0. The average Bonchev–Trinajstić information content (AvgIpc) is 2.08. The van der Waals surface area contributed by atoms with E-state index < -0.39 is 0 Å². The summed E-state index contributed by atoms with van der Waals surface area (Å²) in [6, 6.07) is 6.98. The number of aryl methyl sites for hydroxylation is 1. The van der Waals surface area contributed by atoms with Crippen LogP contribution in [0.25, 0.3) is 0 Å². The molecule has 0 saturated heterocycles. The molecule has 0 amide bonds. The van der Waals surface area contributed by atoms with Crippen molar-refractivity contribution in [3.8, 4) is 0 Å². The number of anilines is 1. The summed E-state index contributed by atoms with van der Waals surface area (Å²) < 4.78 is 6.38. The third-order valence-corrected chi connectivity index (χ3v) is 3.30. The summed E-state index contributed by atoms with van der Waals surface area (Å²) in [7, 11) is 1.78. The first kappa shape index (κ1) is 11.0. The lowest BCUT2D eigenvalue weighted by molar-refractivity contribution is 0.0329. The summed E-state index contributed by atoms with van der Waals surface area (Å²) in [6.45, 7) is 2.11. The molecule has 0 atom stereocenters. The van der Waals surface area contributed by atoms with Crippen LogP contribution in [-0.2, 0) is 4.74 Å². The fourth-order valence-corrected chi connectivity index (χ4v) is 2.54. The molecule has 0 spiro atoms. The number of hydrogen-bond donors (Lipinski definition) is 1. The number of benzene rings is 1. The SMILES string of the molecule is COC1CC(Nc2cc(C)cc(Br)c2)C1. The first-order valence-electron chi connectivity index (χ1n) is 5.24. The molecular weight excluding hydrogens is 254 g/mol. The van der Waals surface area contributed by atoms with Gasteiger partial charge in [0, 0.05) is 23.3 Å². The van der Waals surface area contributed by atoms with Gasteiger partial charge in [-0.15, -0.1) is 0 Å². The quantitative estimate of drug-likeness (QED) is 0.909. The minimum absolute atomic E-state index is 0.454. The smallest absolute Gasteiger partial charge is 0.0610 e. The second-order valence-electron chi connectivity index (χ2n) is 4.19. The lowest BCUT2D eigenvalue weighted by atomic mass is 9.89. The largest absolute Gasteiger partial charge is 0.382 e. The van der Waals surface area contributed by atoms with Crippen LogP contribution in [0, 0.1) is 6.92 Å². The Morgan fingerprint density at radius 1 is 1.33 bits per heavy atom. The Kier molecular flexibility index (Phi) is 3.32. The Morgan fingerprint density at radius 3 is 2.67 bits per heavy atom. The molecule has 2 nitrogen and oxygen atoms in total. The molecule has 1 aliphatic rings. The normalized spacial score (nSPS) is 24.7. The van der Waals surface area contributed by atoms with Gasteiger partial charge in [0.2, 0.25) is 0 Å². The topological polar surface area (TPSA) is 21.3 Å². The fraction of sp³-hybridized carbons (Fsp3) is 0.500. The van der Waals surface area contributed by atoms with Crippen LogP contribution in [-0.4, -0.2) is 19.3 Å². The van der Waals surface area contributed by atoms with E-state index in [1.54, 1.807) is 7.11 Å². The van der Waals surface area contributed by atoms with Crippen molar-refractivity contribution in [2.45, 2.75) is 31.9 Å².